The van der Waals surface area contributed by atoms with E-state index in [1.807, 2.05) is 0 Å². The van der Waals surface area contributed by atoms with E-state index in [0.29, 0.717) is 10.5 Å². The molecule has 3 rings (SSSR count). The van der Waals surface area contributed by atoms with E-state index in [1.54, 1.807) is 30.3 Å². The smallest absolute Gasteiger partial charge is 0.264 e. The molecular weight excluding hydrogens is 306 g/mol. The second-order valence-electron chi connectivity index (χ2n) is 4.49. The normalized spacial score (nSPS) is 18.0. The van der Waals surface area contributed by atoms with Crippen molar-refractivity contribution >= 4 is 34.6 Å². The average Bonchev–Trinajstić information content (AvgIpc) is 2.81. The van der Waals surface area contributed by atoms with Crippen molar-refractivity contribution in [2.24, 2.45) is 4.99 Å². The van der Waals surface area contributed by atoms with Gasteiger partial charge in [-0.05, 0) is 47.7 Å². The minimum Gasteiger partial charge on any atom is -0.300 e. The summed E-state index contributed by atoms with van der Waals surface area (Å²) in [4.78, 5) is 16.3. The molecule has 6 heteroatoms. The van der Waals surface area contributed by atoms with Crippen LogP contribution in [0.3, 0.4) is 0 Å². The predicted molar refractivity (Wildman–Crippen MR) is 83.6 cm³/mol. The molecule has 1 N–H and O–H groups in total. The van der Waals surface area contributed by atoms with Gasteiger partial charge in [0.25, 0.3) is 5.91 Å². The highest BCUT2D eigenvalue weighted by atomic mass is 32.2. The molecule has 2 aromatic carbocycles. The van der Waals surface area contributed by atoms with E-state index in [9.17, 15) is 13.6 Å². The average molecular weight is 316 g/mol. The molecule has 0 spiro atoms. The van der Waals surface area contributed by atoms with E-state index >= 15 is 0 Å². The number of thioether (sulfide) groups is 1. The summed E-state index contributed by atoms with van der Waals surface area (Å²) in [7, 11) is 0. The second kappa shape index (κ2) is 6.11. The number of carbonyl (C=O) groups is 1. The van der Waals surface area contributed by atoms with E-state index in [0.717, 1.165) is 11.8 Å². The quantitative estimate of drug-likeness (QED) is 0.855. The Bertz CT molecular complexity index is 802. The fourth-order valence-corrected chi connectivity index (χ4v) is 2.71. The number of hydrogen-bond donors (Lipinski definition) is 1. The Kier molecular flexibility index (Phi) is 4.02. The lowest BCUT2D eigenvalue weighted by Gasteiger charge is -1.97. The van der Waals surface area contributed by atoms with Crippen molar-refractivity contribution in [1.29, 1.82) is 0 Å². The minimum absolute atomic E-state index is 0.150. The molecule has 0 aliphatic carbocycles. The van der Waals surface area contributed by atoms with Crippen LogP contribution in [0.4, 0.5) is 14.5 Å². The van der Waals surface area contributed by atoms with Crippen molar-refractivity contribution < 1.29 is 13.6 Å². The van der Waals surface area contributed by atoms with Gasteiger partial charge in [-0.2, -0.15) is 0 Å². The lowest BCUT2D eigenvalue weighted by Crippen LogP contribution is -2.19. The summed E-state index contributed by atoms with van der Waals surface area (Å²) in [5.41, 5.74) is 0.724. The molecule has 3 nitrogen and oxygen atoms in total. The maximum Gasteiger partial charge on any atom is 0.264 e. The molecule has 0 radical (unpaired) electrons. The van der Waals surface area contributed by atoms with Gasteiger partial charge in [0.2, 0.25) is 0 Å². The number of rotatable bonds is 2. The Morgan fingerprint density at radius 1 is 1.09 bits per heavy atom. The summed E-state index contributed by atoms with van der Waals surface area (Å²) in [6.45, 7) is 0. The number of amides is 1. The molecular formula is C16H10F2N2OS. The van der Waals surface area contributed by atoms with Crippen molar-refractivity contribution in [2.75, 3.05) is 0 Å². The lowest BCUT2D eigenvalue weighted by atomic mass is 10.2. The number of carbonyl (C=O) groups excluding carboxylic acids is 1. The van der Waals surface area contributed by atoms with Crippen molar-refractivity contribution in [3.8, 4) is 0 Å². The molecule has 1 aliphatic rings. The third kappa shape index (κ3) is 3.23. The Hall–Kier alpha value is -2.47. The maximum atomic E-state index is 13.5. The molecule has 1 aliphatic heterocycles. The molecule has 0 bridgehead atoms. The molecule has 1 saturated heterocycles. The zero-order chi connectivity index (χ0) is 15.5. The summed E-state index contributed by atoms with van der Waals surface area (Å²) in [6, 6.07) is 11.9. The number of nitrogens with zero attached hydrogens (tertiary/aromatic N) is 1. The van der Waals surface area contributed by atoms with E-state index in [1.165, 1.54) is 24.3 Å². The number of nitrogens with one attached hydrogen (secondary N) is 1. The summed E-state index contributed by atoms with van der Waals surface area (Å²) >= 11 is 1.08. The highest BCUT2D eigenvalue weighted by molar-refractivity contribution is 8.18. The van der Waals surface area contributed by atoms with Crippen LogP contribution in [0, 0.1) is 11.6 Å². The summed E-state index contributed by atoms with van der Waals surface area (Å²) in [5.74, 6) is -1.19. The fraction of sp³-hybridized carbons (Fsp3) is 0. The van der Waals surface area contributed by atoms with Gasteiger partial charge < -0.3 is 5.32 Å². The number of amidine groups is 1. The third-order valence-electron chi connectivity index (χ3n) is 2.87. The fourth-order valence-electron chi connectivity index (χ4n) is 1.88. The molecule has 0 unspecified atom stereocenters. The number of aliphatic imine (C=N–C) groups is 1. The molecule has 22 heavy (non-hydrogen) atoms. The maximum absolute atomic E-state index is 13.5. The lowest BCUT2D eigenvalue weighted by molar-refractivity contribution is -0.115. The van der Waals surface area contributed by atoms with Crippen LogP contribution in [0.15, 0.2) is 58.4 Å². The van der Waals surface area contributed by atoms with Gasteiger partial charge in [0, 0.05) is 0 Å². The Balaban J connectivity index is 1.86. The summed E-state index contributed by atoms with van der Waals surface area (Å²) < 4.78 is 26.7. The topological polar surface area (TPSA) is 41.5 Å². The standard InChI is InChI=1S/C16H10F2N2OS/c17-11-5-3-4-10(8-11)9-14-15(21)20-16(22-14)19-13-7-2-1-6-12(13)18/h1-9H,(H,19,20,21). The number of para-hydroxylation sites is 1. The monoisotopic (exact) mass is 316 g/mol. The first-order chi connectivity index (χ1) is 10.6. The van der Waals surface area contributed by atoms with Gasteiger partial charge in [0.15, 0.2) is 5.17 Å². The van der Waals surface area contributed by atoms with Gasteiger partial charge in [-0.15, -0.1) is 0 Å². The van der Waals surface area contributed by atoms with Crippen LogP contribution < -0.4 is 5.32 Å². The van der Waals surface area contributed by atoms with E-state index in [2.05, 4.69) is 10.3 Å². The summed E-state index contributed by atoms with van der Waals surface area (Å²) in [5, 5.41) is 2.85. The molecule has 1 amide bonds. The number of benzene rings is 2. The van der Waals surface area contributed by atoms with E-state index < -0.39 is 5.82 Å². The molecule has 0 atom stereocenters. The Labute approximate surface area is 129 Å². The predicted octanol–water partition coefficient (Wildman–Crippen LogP) is 3.86. The Morgan fingerprint density at radius 2 is 1.91 bits per heavy atom. The first-order valence-electron chi connectivity index (χ1n) is 6.41. The zero-order valence-electron chi connectivity index (χ0n) is 11.2. The van der Waals surface area contributed by atoms with Crippen LogP contribution in [-0.2, 0) is 4.79 Å². The highest BCUT2D eigenvalue weighted by Gasteiger charge is 2.24. The van der Waals surface area contributed by atoms with Crippen molar-refractivity contribution in [1.82, 2.24) is 5.32 Å². The SMILES string of the molecule is O=C1NC(=Nc2ccccc2F)SC1=Cc1cccc(F)c1. The minimum atomic E-state index is -0.465. The van der Waals surface area contributed by atoms with Crippen LogP contribution in [0.25, 0.3) is 6.08 Å². The van der Waals surface area contributed by atoms with E-state index in [4.69, 9.17) is 0 Å². The zero-order valence-corrected chi connectivity index (χ0v) is 12.0. The third-order valence-corrected chi connectivity index (χ3v) is 3.78. The van der Waals surface area contributed by atoms with Crippen molar-refractivity contribution in [3.05, 3.63) is 70.6 Å². The molecule has 1 heterocycles. The molecule has 110 valence electrons. The summed E-state index contributed by atoms with van der Waals surface area (Å²) in [6.07, 6.45) is 1.56. The largest absolute Gasteiger partial charge is 0.300 e. The van der Waals surface area contributed by atoms with Crippen LogP contribution in [0.1, 0.15) is 5.56 Å². The van der Waals surface area contributed by atoms with Gasteiger partial charge in [-0.3, -0.25) is 4.79 Å². The molecule has 0 saturated carbocycles. The van der Waals surface area contributed by atoms with Crippen LogP contribution in [0.5, 0.6) is 0 Å². The van der Waals surface area contributed by atoms with Gasteiger partial charge in [0.05, 0.1) is 4.91 Å². The second-order valence-corrected chi connectivity index (χ2v) is 5.52. The first kappa shape index (κ1) is 14.5. The molecule has 1 fully saturated rings. The Morgan fingerprint density at radius 3 is 2.68 bits per heavy atom. The van der Waals surface area contributed by atoms with Crippen molar-refractivity contribution in [2.45, 2.75) is 0 Å². The van der Waals surface area contributed by atoms with Gasteiger partial charge in [-0.25, -0.2) is 13.8 Å². The van der Waals surface area contributed by atoms with E-state index in [-0.39, 0.29) is 22.6 Å². The molecule has 0 aromatic heterocycles. The molecule has 2 aromatic rings. The van der Waals surface area contributed by atoms with Crippen LogP contribution in [0.2, 0.25) is 0 Å². The van der Waals surface area contributed by atoms with Crippen LogP contribution >= 0.6 is 11.8 Å². The van der Waals surface area contributed by atoms with Crippen LogP contribution in [-0.4, -0.2) is 11.1 Å². The number of halogens is 2. The van der Waals surface area contributed by atoms with Gasteiger partial charge in [0.1, 0.15) is 17.3 Å². The first-order valence-corrected chi connectivity index (χ1v) is 7.23. The number of hydrogen-bond acceptors (Lipinski definition) is 3. The highest BCUT2D eigenvalue weighted by Crippen LogP contribution is 2.28. The van der Waals surface area contributed by atoms with Crippen molar-refractivity contribution in [3.63, 3.8) is 0 Å². The van der Waals surface area contributed by atoms with Gasteiger partial charge >= 0.3 is 0 Å². The van der Waals surface area contributed by atoms with Gasteiger partial charge in [-0.1, -0.05) is 24.3 Å².